The minimum absolute atomic E-state index is 0.256. The lowest BCUT2D eigenvalue weighted by molar-refractivity contribution is 0.631. The topological polar surface area (TPSA) is 24.7 Å². The van der Waals surface area contributed by atoms with Crippen LogP contribution in [0, 0.1) is 5.82 Å². The summed E-state index contributed by atoms with van der Waals surface area (Å²) in [6.45, 7) is 5.97. The molecule has 0 saturated heterocycles. The van der Waals surface area contributed by atoms with Gasteiger partial charge in [0.2, 0.25) is 0 Å². The van der Waals surface area contributed by atoms with Gasteiger partial charge in [-0.25, -0.2) is 4.39 Å². The Kier molecular flexibility index (Phi) is 9.78. The van der Waals surface area contributed by atoms with Crippen molar-refractivity contribution < 1.29 is 4.39 Å². The number of hydrogen-bond donors (Lipinski definition) is 0. The SMILES string of the molecule is C=CCCc1ccc(C=NN=Cc2ccc(-c3ccc(CCCCCC)cc3)c(F)c2)cc1. The Labute approximate surface area is 197 Å². The van der Waals surface area contributed by atoms with Crippen LogP contribution in [0.4, 0.5) is 4.39 Å². The first-order chi connectivity index (χ1) is 16.2. The first kappa shape index (κ1) is 24.3. The van der Waals surface area contributed by atoms with Gasteiger partial charge in [-0.3, -0.25) is 0 Å². The fraction of sp³-hybridized carbons (Fsp3) is 0.267. The predicted octanol–water partition coefficient (Wildman–Crippen LogP) is 8.19. The summed E-state index contributed by atoms with van der Waals surface area (Å²) < 4.78 is 14.7. The number of benzene rings is 3. The summed E-state index contributed by atoms with van der Waals surface area (Å²) in [5.74, 6) is -0.256. The number of nitrogens with zero attached hydrogens (tertiary/aromatic N) is 2. The molecule has 0 heterocycles. The van der Waals surface area contributed by atoms with Gasteiger partial charge in [0.05, 0.1) is 12.4 Å². The molecule has 0 amide bonds. The Morgan fingerprint density at radius 3 is 2.06 bits per heavy atom. The lowest BCUT2D eigenvalue weighted by Crippen LogP contribution is -1.90. The summed E-state index contributed by atoms with van der Waals surface area (Å²) in [5, 5.41) is 8.16. The first-order valence-electron chi connectivity index (χ1n) is 11.8. The largest absolute Gasteiger partial charge is 0.206 e. The zero-order chi connectivity index (χ0) is 23.3. The van der Waals surface area contributed by atoms with Gasteiger partial charge < -0.3 is 0 Å². The molecule has 0 spiro atoms. The van der Waals surface area contributed by atoms with Gasteiger partial charge in [0.25, 0.3) is 0 Å². The molecule has 0 saturated carbocycles. The predicted molar refractivity (Wildman–Crippen MR) is 140 cm³/mol. The van der Waals surface area contributed by atoms with Crippen molar-refractivity contribution in [2.75, 3.05) is 0 Å². The smallest absolute Gasteiger partial charge is 0.131 e. The molecular weight excluding hydrogens is 407 g/mol. The molecule has 0 aliphatic rings. The summed E-state index contributed by atoms with van der Waals surface area (Å²) in [4.78, 5) is 0. The third-order valence-corrected chi connectivity index (χ3v) is 5.67. The lowest BCUT2D eigenvalue weighted by Gasteiger charge is -2.06. The molecule has 0 aliphatic heterocycles. The molecule has 0 fully saturated rings. The Morgan fingerprint density at radius 1 is 0.758 bits per heavy atom. The molecule has 0 N–H and O–H groups in total. The van der Waals surface area contributed by atoms with Gasteiger partial charge in [0, 0.05) is 5.56 Å². The molecule has 0 bridgehead atoms. The lowest BCUT2D eigenvalue weighted by atomic mass is 10.00. The van der Waals surface area contributed by atoms with Gasteiger partial charge >= 0.3 is 0 Å². The number of aryl methyl sites for hydroxylation is 2. The van der Waals surface area contributed by atoms with Gasteiger partial charge in [-0.05, 0) is 59.6 Å². The van der Waals surface area contributed by atoms with Gasteiger partial charge in [-0.1, -0.05) is 92.9 Å². The first-order valence-corrected chi connectivity index (χ1v) is 11.8. The van der Waals surface area contributed by atoms with Crippen LogP contribution in [-0.4, -0.2) is 12.4 Å². The van der Waals surface area contributed by atoms with Crippen LogP contribution >= 0.6 is 0 Å². The summed E-state index contributed by atoms with van der Waals surface area (Å²) in [7, 11) is 0. The molecule has 33 heavy (non-hydrogen) atoms. The fourth-order valence-electron chi connectivity index (χ4n) is 3.69. The van der Waals surface area contributed by atoms with Crippen molar-refractivity contribution >= 4 is 12.4 Å². The third-order valence-electron chi connectivity index (χ3n) is 5.67. The number of hydrogen-bond acceptors (Lipinski definition) is 2. The molecule has 0 unspecified atom stereocenters. The molecule has 2 nitrogen and oxygen atoms in total. The fourth-order valence-corrected chi connectivity index (χ4v) is 3.69. The van der Waals surface area contributed by atoms with E-state index in [0.29, 0.717) is 11.1 Å². The average molecular weight is 441 g/mol. The molecule has 170 valence electrons. The van der Waals surface area contributed by atoms with Crippen molar-refractivity contribution in [2.45, 2.75) is 51.9 Å². The zero-order valence-corrected chi connectivity index (χ0v) is 19.5. The van der Waals surface area contributed by atoms with Crippen LogP contribution in [-0.2, 0) is 12.8 Å². The molecule has 3 rings (SSSR count). The maximum Gasteiger partial charge on any atom is 0.131 e. The Balaban J connectivity index is 1.57. The van der Waals surface area contributed by atoms with E-state index in [2.05, 4.69) is 48.0 Å². The minimum Gasteiger partial charge on any atom is -0.206 e. The zero-order valence-electron chi connectivity index (χ0n) is 19.5. The Hall–Kier alpha value is -3.33. The van der Waals surface area contributed by atoms with Crippen LogP contribution in [0.2, 0.25) is 0 Å². The Bertz CT molecular complexity index is 1060. The van der Waals surface area contributed by atoms with Crippen molar-refractivity contribution in [2.24, 2.45) is 10.2 Å². The van der Waals surface area contributed by atoms with Gasteiger partial charge in [0.1, 0.15) is 5.82 Å². The van der Waals surface area contributed by atoms with E-state index >= 15 is 0 Å². The summed E-state index contributed by atoms with van der Waals surface area (Å²) in [6.07, 6.45) is 13.2. The standard InChI is InChI=1S/C30H33FN2/c1-3-5-7-8-10-25-15-18-28(19-16-25)29-20-17-27(21-30(29)31)23-33-32-22-26-13-11-24(12-14-26)9-6-4-2/h4,11-23H,2-3,5-10H2,1H3. The molecule has 0 atom stereocenters. The molecule has 0 aliphatic carbocycles. The molecule has 0 radical (unpaired) electrons. The summed E-state index contributed by atoms with van der Waals surface area (Å²) in [5.41, 5.74) is 5.73. The van der Waals surface area contributed by atoms with E-state index in [1.807, 2.05) is 36.4 Å². The highest BCUT2D eigenvalue weighted by atomic mass is 19.1. The molecular formula is C30H33FN2. The highest BCUT2D eigenvalue weighted by Gasteiger charge is 2.06. The average Bonchev–Trinajstić information content (AvgIpc) is 2.84. The summed E-state index contributed by atoms with van der Waals surface area (Å²) >= 11 is 0. The number of unbranched alkanes of at least 4 members (excludes halogenated alkanes) is 3. The van der Waals surface area contributed by atoms with Crippen molar-refractivity contribution in [1.29, 1.82) is 0 Å². The maximum atomic E-state index is 14.7. The minimum atomic E-state index is -0.256. The van der Waals surface area contributed by atoms with E-state index in [0.717, 1.165) is 30.4 Å². The number of rotatable bonds is 12. The monoisotopic (exact) mass is 440 g/mol. The third kappa shape index (κ3) is 7.94. The van der Waals surface area contributed by atoms with Crippen molar-refractivity contribution in [1.82, 2.24) is 0 Å². The molecule has 3 aromatic rings. The van der Waals surface area contributed by atoms with Gasteiger partial charge in [-0.15, -0.1) is 6.58 Å². The van der Waals surface area contributed by atoms with Crippen molar-refractivity contribution in [3.63, 3.8) is 0 Å². The van der Waals surface area contributed by atoms with Crippen molar-refractivity contribution in [3.05, 3.63) is 107 Å². The van der Waals surface area contributed by atoms with E-state index in [1.54, 1.807) is 18.5 Å². The highest BCUT2D eigenvalue weighted by Crippen LogP contribution is 2.24. The van der Waals surface area contributed by atoms with Crippen LogP contribution in [0.5, 0.6) is 0 Å². The number of halogens is 1. The second-order valence-electron chi connectivity index (χ2n) is 8.30. The highest BCUT2D eigenvalue weighted by molar-refractivity contribution is 5.83. The van der Waals surface area contributed by atoms with Gasteiger partial charge in [-0.2, -0.15) is 10.2 Å². The molecule has 3 aromatic carbocycles. The van der Waals surface area contributed by atoms with Crippen molar-refractivity contribution in [3.8, 4) is 11.1 Å². The van der Waals surface area contributed by atoms with Crippen LogP contribution in [0.1, 0.15) is 61.3 Å². The number of allylic oxidation sites excluding steroid dienone is 1. The van der Waals surface area contributed by atoms with E-state index in [9.17, 15) is 4.39 Å². The van der Waals surface area contributed by atoms with E-state index in [-0.39, 0.29) is 5.82 Å². The van der Waals surface area contributed by atoms with E-state index in [1.165, 1.54) is 42.9 Å². The van der Waals surface area contributed by atoms with E-state index in [4.69, 9.17) is 0 Å². The van der Waals surface area contributed by atoms with E-state index < -0.39 is 0 Å². The van der Waals surface area contributed by atoms with Crippen LogP contribution in [0.25, 0.3) is 11.1 Å². The molecule has 0 aromatic heterocycles. The van der Waals surface area contributed by atoms with Gasteiger partial charge in [0.15, 0.2) is 0 Å². The van der Waals surface area contributed by atoms with Crippen LogP contribution in [0.15, 0.2) is 89.6 Å². The normalized spacial score (nSPS) is 11.5. The quantitative estimate of drug-likeness (QED) is 0.117. The Morgan fingerprint density at radius 2 is 1.39 bits per heavy atom. The maximum absolute atomic E-state index is 14.7. The molecule has 3 heteroatoms. The second-order valence-corrected chi connectivity index (χ2v) is 8.30. The van der Waals surface area contributed by atoms with Crippen LogP contribution < -0.4 is 0 Å². The summed E-state index contributed by atoms with van der Waals surface area (Å²) in [6, 6.07) is 21.6. The second kappa shape index (κ2) is 13.3. The van der Waals surface area contributed by atoms with Crippen LogP contribution in [0.3, 0.4) is 0 Å².